The molecule has 1 aromatic heterocycles. The summed E-state index contributed by atoms with van der Waals surface area (Å²) in [6.45, 7) is 10.6. The van der Waals surface area contributed by atoms with Gasteiger partial charge in [0.25, 0.3) is 5.91 Å². The summed E-state index contributed by atoms with van der Waals surface area (Å²) in [6.07, 6.45) is 4.09. The molecule has 1 aliphatic carbocycles. The first-order valence-corrected chi connectivity index (χ1v) is 14.8. The van der Waals surface area contributed by atoms with E-state index in [1.807, 2.05) is 39.0 Å². The Hall–Kier alpha value is -2.26. The lowest BCUT2D eigenvalue weighted by Crippen LogP contribution is -2.34. The van der Waals surface area contributed by atoms with E-state index in [0.717, 1.165) is 18.5 Å². The van der Waals surface area contributed by atoms with Crippen molar-refractivity contribution in [2.45, 2.75) is 77.0 Å². The molecule has 200 valence electrons. The van der Waals surface area contributed by atoms with Gasteiger partial charge in [0, 0.05) is 36.0 Å². The van der Waals surface area contributed by atoms with E-state index in [2.05, 4.69) is 29.5 Å². The minimum atomic E-state index is -3.02. The van der Waals surface area contributed by atoms with E-state index in [4.69, 9.17) is 16.3 Å². The van der Waals surface area contributed by atoms with Gasteiger partial charge in [-0.05, 0) is 57.6 Å². The highest BCUT2D eigenvalue weighted by Gasteiger charge is 2.31. The predicted molar refractivity (Wildman–Crippen MR) is 146 cm³/mol. The Morgan fingerprint density at radius 3 is 2.39 bits per heavy atom. The zero-order valence-corrected chi connectivity index (χ0v) is 23.9. The molecule has 0 spiro atoms. The van der Waals surface area contributed by atoms with Crippen molar-refractivity contribution in [2.75, 3.05) is 25.2 Å². The Morgan fingerprint density at radius 1 is 1.22 bits per heavy atom. The molecule has 1 fully saturated rings. The number of hydrogen-bond donors (Lipinski definition) is 2. The molecule has 2 aromatic rings. The van der Waals surface area contributed by atoms with Gasteiger partial charge in [-0.15, -0.1) is 0 Å². The largest absolute Gasteiger partial charge is 0.494 e. The second-order valence-corrected chi connectivity index (χ2v) is 13.7. The zero-order chi connectivity index (χ0) is 26.8. The van der Waals surface area contributed by atoms with Crippen molar-refractivity contribution in [1.29, 1.82) is 0 Å². The fourth-order valence-corrected chi connectivity index (χ4v) is 6.07. The van der Waals surface area contributed by atoms with Crippen LogP contribution in [0.1, 0.15) is 76.6 Å². The summed E-state index contributed by atoms with van der Waals surface area (Å²) < 4.78 is 31.1. The van der Waals surface area contributed by atoms with Crippen molar-refractivity contribution in [3.05, 3.63) is 34.9 Å². The minimum absolute atomic E-state index is 0.165. The normalized spacial score (nSPS) is 18.8. The van der Waals surface area contributed by atoms with Gasteiger partial charge < -0.3 is 15.4 Å². The number of nitrogens with one attached hydrogen (secondary N) is 2. The smallest absolute Gasteiger partial charge is 0.273 e. The van der Waals surface area contributed by atoms with E-state index in [1.54, 1.807) is 11.7 Å². The molecule has 8 nitrogen and oxygen atoms in total. The quantitative estimate of drug-likeness (QED) is 0.491. The Balaban J connectivity index is 1.86. The number of ether oxygens (including phenoxy) is 1. The molecule has 0 atom stereocenters. The van der Waals surface area contributed by atoms with Crippen molar-refractivity contribution in [3.63, 3.8) is 0 Å². The second-order valence-electron chi connectivity index (χ2n) is 11.0. The van der Waals surface area contributed by atoms with Crippen LogP contribution in [0.25, 0.3) is 5.69 Å². The maximum Gasteiger partial charge on any atom is 0.273 e. The van der Waals surface area contributed by atoms with Gasteiger partial charge in [-0.3, -0.25) is 9.36 Å². The number of carbonyl (C=O) groups excluding carboxylic acids is 1. The first kappa shape index (κ1) is 28.3. The molecular formula is C26H39ClN4O4S. The molecule has 1 amide bonds. The molecule has 0 saturated heterocycles. The van der Waals surface area contributed by atoms with Gasteiger partial charge in [0.1, 0.15) is 26.6 Å². The third kappa shape index (κ3) is 6.54. The summed E-state index contributed by atoms with van der Waals surface area (Å²) >= 11 is 6.81. The molecule has 0 aliphatic heterocycles. The number of imidazole rings is 1. The van der Waals surface area contributed by atoms with Crippen LogP contribution in [0.15, 0.2) is 18.2 Å². The molecule has 0 unspecified atom stereocenters. The number of rotatable bonds is 8. The van der Waals surface area contributed by atoms with Gasteiger partial charge in [0.05, 0.1) is 18.0 Å². The number of methoxy groups -OCH3 is 1. The van der Waals surface area contributed by atoms with Gasteiger partial charge in [-0.1, -0.05) is 32.4 Å². The first-order chi connectivity index (χ1) is 16.7. The Labute approximate surface area is 220 Å². The second kappa shape index (κ2) is 11.0. The summed E-state index contributed by atoms with van der Waals surface area (Å²) in [4.78, 5) is 17.9. The van der Waals surface area contributed by atoms with Gasteiger partial charge in [0.15, 0.2) is 5.69 Å². The van der Waals surface area contributed by atoms with Gasteiger partial charge in [0.2, 0.25) is 0 Å². The topological polar surface area (TPSA) is 102 Å². The van der Waals surface area contributed by atoms with E-state index in [1.165, 1.54) is 6.26 Å². The summed E-state index contributed by atoms with van der Waals surface area (Å²) in [5.41, 5.74) is 1.39. The summed E-state index contributed by atoms with van der Waals surface area (Å²) in [6, 6.07) is 6.03. The Kier molecular flexibility index (Phi) is 8.66. The molecule has 3 rings (SSSR count). The molecule has 2 N–H and O–H groups in total. The van der Waals surface area contributed by atoms with E-state index < -0.39 is 15.3 Å². The molecule has 1 aromatic carbocycles. The number of aromatic nitrogens is 2. The highest BCUT2D eigenvalue weighted by molar-refractivity contribution is 7.91. The lowest BCUT2D eigenvalue weighted by molar-refractivity contribution is 0.0939. The molecule has 0 radical (unpaired) electrons. The van der Waals surface area contributed by atoms with E-state index >= 15 is 0 Å². The molecule has 10 heteroatoms. The van der Waals surface area contributed by atoms with Crippen LogP contribution >= 0.6 is 11.6 Å². The van der Waals surface area contributed by atoms with Crippen molar-refractivity contribution in [2.24, 2.45) is 5.92 Å². The third-order valence-electron chi connectivity index (χ3n) is 6.53. The molecular weight excluding hydrogens is 500 g/mol. The van der Waals surface area contributed by atoms with Crippen LogP contribution in [-0.4, -0.2) is 55.1 Å². The van der Waals surface area contributed by atoms with Gasteiger partial charge >= 0.3 is 0 Å². The van der Waals surface area contributed by atoms with E-state index in [0.29, 0.717) is 36.6 Å². The van der Waals surface area contributed by atoms with Crippen LogP contribution in [0.2, 0.25) is 5.15 Å². The average Bonchev–Trinajstić information content (AvgIpc) is 3.14. The van der Waals surface area contributed by atoms with Crippen molar-refractivity contribution in [3.8, 4) is 11.4 Å². The monoisotopic (exact) mass is 538 g/mol. The number of halogens is 1. The zero-order valence-electron chi connectivity index (χ0n) is 22.3. The predicted octanol–water partition coefficient (Wildman–Crippen LogP) is 4.99. The molecule has 36 heavy (non-hydrogen) atoms. The van der Waals surface area contributed by atoms with E-state index in [-0.39, 0.29) is 34.0 Å². The number of benzene rings is 1. The van der Waals surface area contributed by atoms with Crippen LogP contribution in [0, 0.1) is 5.92 Å². The highest BCUT2D eigenvalue weighted by atomic mass is 35.5. The Bertz CT molecular complexity index is 1190. The van der Waals surface area contributed by atoms with Gasteiger partial charge in [-0.25, -0.2) is 13.4 Å². The molecule has 1 saturated carbocycles. The van der Waals surface area contributed by atoms with Crippen LogP contribution in [0.3, 0.4) is 0 Å². The Morgan fingerprint density at radius 2 is 1.86 bits per heavy atom. The standard InChI is InChI=1S/C26H39ClN4O4S/c1-16(2)29-18-10-13-20(21(14-18)35-6)31-23(27)22(30-25(31)26(3,4)5)24(32)28-15-17-8-11-19(12-9-17)36(7,33)34/h10,13-14,16-17,19,29H,8-9,11-12,15H2,1-7H3,(H,28,32). The highest BCUT2D eigenvalue weighted by Crippen LogP contribution is 2.36. The molecule has 0 bridgehead atoms. The van der Waals surface area contributed by atoms with Crippen LogP contribution in [0.4, 0.5) is 5.69 Å². The minimum Gasteiger partial charge on any atom is -0.494 e. The van der Waals surface area contributed by atoms with Crippen molar-refractivity contribution < 1.29 is 17.9 Å². The lowest BCUT2D eigenvalue weighted by atomic mass is 9.89. The third-order valence-corrected chi connectivity index (χ3v) is 8.56. The number of nitrogens with zero attached hydrogens (tertiary/aromatic N) is 2. The van der Waals surface area contributed by atoms with Gasteiger partial charge in [-0.2, -0.15) is 0 Å². The number of carbonyl (C=O) groups is 1. The SMILES string of the molecule is COc1cc(NC(C)C)ccc1-n1c(C(C)(C)C)nc(C(=O)NCC2CCC(S(C)(=O)=O)CC2)c1Cl. The summed E-state index contributed by atoms with van der Waals surface area (Å²) in [5, 5.41) is 6.29. The number of sulfone groups is 1. The maximum absolute atomic E-state index is 13.2. The summed E-state index contributed by atoms with van der Waals surface area (Å²) in [5.74, 6) is 1.15. The van der Waals surface area contributed by atoms with E-state index in [9.17, 15) is 13.2 Å². The van der Waals surface area contributed by atoms with Crippen molar-refractivity contribution in [1.82, 2.24) is 14.9 Å². The molecule has 1 heterocycles. The van der Waals surface area contributed by atoms with Crippen LogP contribution in [-0.2, 0) is 15.3 Å². The van der Waals surface area contributed by atoms with Crippen LogP contribution < -0.4 is 15.4 Å². The summed E-state index contributed by atoms with van der Waals surface area (Å²) in [7, 11) is -1.42. The first-order valence-electron chi connectivity index (χ1n) is 12.4. The fraction of sp³-hybridized carbons (Fsp3) is 0.615. The maximum atomic E-state index is 13.2. The number of anilines is 1. The lowest BCUT2D eigenvalue weighted by Gasteiger charge is -2.27. The van der Waals surface area contributed by atoms with Crippen molar-refractivity contribution >= 4 is 33.0 Å². The fourth-order valence-electron chi connectivity index (χ4n) is 4.64. The number of amides is 1. The molecule has 1 aliphatic rings. The number of hydrogen-bond acceptors (Lipinski definition) is 6. The average molecular weight is 539 g/mol. The van der Waals surface area contributed by atoms with Crippen LogP contribution in [0.5, 0.6) is 5.75 Å².